The summed E-state index contributed by atoms with van der Waals surface area (Å²) in [5.74, 6) is 1.02. The van der Waals surface area contributed by atoms with Crippen molar-refractivity contribution in [1.29, 1.82) is 0 Å². The van der Waals surface area contributed by atoms with Gasteiger partial charge in [0.1, 0.15) is 5.75 Å². The van der Waals surface area contributed by atoms with Crippen LogP contribution in [-0.4, -0.2) is 41.4 Å². The van der Waals surface area contributed by atoms with Gasteiger partial charge in [0.05, 0.1) is 18.6 Å². The average molecular weight is 423 g/mol. The van der Waals surface area contributed by atoms with E-state index in [0.717, 1.165) is 40.9 Å². The van der Waals surface area contributed by atoms with Gasteiger partial charge in [0.25, 0.3) is 0 Å². The molecule has 1 N–H and O–H groups in total. The predicted octanol–water partition coefficient (Wildman–Crippen LogP) is 4.52. The van der Waals surface area contributed by atoms with E-state index in [4.69, 9.17) is 4.74 Å². The molecule has 0 atom stereocenters. The van der Waals surface area contributed by atoms with E-state index in [-0.39, 0.29) is 11.7 Å². The summed E-state index contributed by atoms with van der Waals surface area (Å²) in [4.78, 5) is 19.3. The third-order valence-corrected chi connectivity index (χ3v) is 6.19. The summed E-state index contributed by atoms with van der Waals surface area (Å²) in [6.07, 6.45) is 6.12. The van der Waals surface area contributed by atoms with Gasteiger partial charge in [0, 0.05) is 42.9 Å². The highest BCUT2D eigenvalue weighted by atomic mass is 32.2. The Labute approximate surface area is 181 Å². The minimum Gasteiger partial charge on any atom is -0.497 e. The van der Waals surface area contributed by atoms with Gasteiger partial charge in [-0.3, -0.25) is 9.36 Å². The third-order valence-electron chi connectivity index (χ3n) is 5.23. The fourth-order valence-corrected chi connectivity index (χ4v) is 4.40. The summed E-state index contributed by atoms with van der Waals surface area (Å²) in [6, 6.07) is 14.0. The molecule has 1 amide bonds. The Kier molecular flexibility index (Phi) is 6.28. The number of nitrogens with one attached hydrogen (secondary N) is 1. The second-order valence-electron chi connectivity index (χ2n) is 7.31. The molecule has 4 rings (SSSR count). The number of nitrogens with zero attached hydrogens (tertiary/aromatic N) is 3. The second-order valence-corrected chi connectivity index (χ2v) is 8.25. The van der Waals surface area contributed by atoms with Crippen LogP contribution in [0.2, 0.25) is 0 Å². The summed E-state index contributed by atoms with van der Waals surface area (Å²) in [5, 5.41) is 3.80. The van der Waals surface area contributed by atoms with Gasteiger partial charge in [-0.2, -0.15) is 0 Å². The van der Waals surface area contributed by atoms with Crippen LogP contribution in [0.1, 0.15) is 18.4 Å². The number of thioether (sulfide) groups is 1. The van der Waals surface area contributed by atoms with E-state index >= 15 is 0 Å². The first kappa shape index (κ1) is 20.3. The standard InChI is InChI=1S/C23H26N4O2S/c1-17-14-18(26-11-3-4-12-26)8-9-21(17)25-22(28)16-30-23-24-10-13-27(23)19-6-5-7-20(15-19)29-2/h5-10,13-15H,3-4,11-12,16H2,1-2H3,(H,25,28). The summed E-state index contributed by atoms with van der Waals surface area (Å²) in [6.45, 7) is 4.27. The van der Waals surface area contributed by atoms with E-state index in [1.807, 2.05) is 48.0 Å². The number of rotatable bonds is 7. The molecule has 1 aromatic heterocycles. The molecule has 1 fully saturated rings. The molecule has 0 saturated carbocycles. The third kappa shape index (κ3) is 4.62. The molecule has 0 radical (unpaired) electrons. The van der Waals surface area contributed by atoms with Crippen LogP contribution < -0.4 is 15.0 Å². The lowest BCUT2D eigenvalue weighted by atomic mass is 10.1. The molecular formula is C23H26N4O2S. The Bertz CT molecular complexity index is 1030. The Morgan fingerprint density at radius 1 is 1.17 bits per heavy atom. The zero-order valence-corrected chi connectivity index (χ0v) is 18.1. The molecule has 0 unspecified atom stereocenters. The quantitative estimate of drug-likeness (QED) is 0.567. The maximum absolute atomic E-state index is 12.5. The molecule has 0 bridgehead atoms. The largest absolute Gasteiger partial charge is 0.497 e. The topological polar surface area (TPSA) is 59.4 Å². The number of carbonyl (C=O) groups is 1. The van der Waals surface area contributed by atoms with Crippen molar-refractivity contribution in [3.63, 3.8) is 0 Å². The van der Waals surface area contributed by atoms with Gasteiger partial charge >= 0.3 is 0 Å². The molecule has 1 aliphatic heterocycles. The number of imidazole rings is 1. The highest BCUT2D eigenvalue weighted by Crippen LogP contribution is 2.27. The molecule has 2 heterocycles. The Morgan fingerprint density at radius 2 is 2.00 bits per heavy atom. The first-order chi connectivity index (χ1) is 14.6. The number of hydrogen-bond donors (Lipinski definition) is 1. The van der Waals surface area contributed by atoms with Gasteiger partial charge in [0.15, 0.2) is 5.16 Å². The lowest BCUT2D eigenvalue weighted by Gasteiger charge is -2.19. The molecule has 1 saturated heterocycles. The number of carbonyl (C=O) groups excluding carboxylic acids is 1. The van der Waals surface area contributed by atoms with Gasteiger partial charge in [-0.25, -0.2) is 4.98 Å². The molecule has 0 aliphatic carbocycles. The SMILES string of the molecule is COc1cccc(-n2ccnc2SCC(=O)Nc2ccc(N3CCCC3)cc2C)c1. The molecule has 3 aromatic rings. The number of methoxy groups -OCH3 is 1. The molecule has 30 heavy (non-hydrogen) atoms. The number of amides is 1. The van der Waals surface area contributed by atoms with E-state index in [1.165, 1.54) is 30.3 Å². The van der Waals surface area contributed by atoms with Crippen LogP contribution in [0.5, 0.6) is 5.75 Å². The van der Waals surface area contributed by atoms with Gasteiger partial charge in [-0.05, 0) is 55.7 Å². The summed E-state index contributed by atoms with van der Waals surface area (Å²) in [5.41, 5.74) is 4.12. The number of ether oxygens (including phenoxy) is 1. The number of anilines is 2. The van der Waals surface area contributed by atoms with Crippen molar-refractivity contribution >= 4 is 29.0 Å². The first-order valence-electron chi connectivity index (χ1n) is 10.1. The minimum absolute atomic E-state index is 0.0442. The zero-order valence-electron chi connectivity index (χ0n) is 17.3. The molecule has 156 valence electrons. The van der Waals surface area contributed by atoms with Gasteiger partial charge in [-0.1, -0.05) is 17.8 Å². The number of aryl methyl sites for hydroxylation is 1. The Balaban J connectivity index is 1.38. The first-order valence-corrected chi connectivity index (χ1v) is 11.1. The van der Waals surface area contributed by atoms with Crippen molar-refractivity contribution in [2.24, 2.45) is 0 Å². The monoisotopic (exact) mass is 422 g/mol. The average Bonchev–Trinajstić information content (AvgIpc) is 3.46. The van der Waals surface area contributed by atoms with Crippen molar-refractivity contribution in [2.45, 2.75) is 24.9 Å². The Morgan fingerprint density at radius 3 is 2.77 bits per heavy atom. The van der Waals surface area contributed by atoms with E-state index in [1.54, 1.807) is 13.3 Å². The lowest BCUT2D eigenvalue weighted by Crippen LogP contribution is -2.18. The molecule has 2 aromatic carbocycles. The molecule has 0 spiro atoms. The van der Waals surface area contributed by atoms with Gasteiger partial charge in [0.2, 0.25) is 5.91 Å². The van der Waals surface area contributed by atoms with Gasteiger partial charge < -0.3 is 15.0 Å². The molecule has 6 nitrogen and oxygen atoms in total. The van der Waals surface area contributed by atoms with Crippen molar-refractivity contribution in [2.75, 3.05) is 36.2 Å². The van der Waals surface area contributed by atoms with E-state index in [0.29, 0.717) is 0 Å². The van der Waals surface area contributed by atoms with Gasteiger partial charge in [-0.15, -0.1) is 0 Å². The number of benzene rings is 2. The highest BCUT2D eigenvalue weighted by molar-refractivity contribution is 7.99. The summed E-state index contributed by atoms with van der Waals surface area (Å²) in [7, 11) is 1.65. The fraction of sp³-hybridized carbons (Fsp3) is 0.304. The van der Waals surface area contributed by atoms with Crippen molar-refractivity contribution in [1.82, 2.24) is 9.55 Å². The second kappa shape index (κ2) is 9.26. The van der Waals surface area contributed by atoms with Crippen molar-refractivity contribution < 1.29 is 9.53 Å². The van der Waals surface area contributed by atoms with Crippen LogP contribution in [0.25, 0.3) is 5.69 Å². The number of aromatic nitrogens is 2. The summed E-state index contributed by atoms with van der Waals surface area (Å²) >= 11 is 1.41. The van der Waals surface area contributed by atoms with Crippen LogP contribution in [0.4, 0.5) is 11.4 Å². The van der Waals surface area contributed by atoms with Crippen LogP contribution in [0.3, 0.4) is 0 Å². The van der Waals surface area contributed by atoms with Crippen molar-refractivity contribution in [3.05, 3.63) is 60.4 Å². The lowest BCUT2D eigenvalue weighted by molar-refractivity contribution is -0.113. The molecular weight excluding hydrogens is 396 g/mol. The molecule has 1 aliphatic rings. The van der Waals surface area contributed by atoms with Crippen LogP contribution >= 0.6 is 11.8 Å². The maximum atomic E-state index is 12.5. The minimum atomic E-state index is -0.0442. The van der Waals surface area contributed by atoms with E-state index in [2.05, 4.69) is 27.3 Å². The normalized spacial score (nSPS) is 13.5. The van der Waals surface area contributed by atoms with Crippen LogP contribution in [0, 0.1) is 6.92 Å². The summed E-state index contributed by atoms with van der Waals surface area (Å²) < 4.78 is 7.26. The molecule has 7 heteroatoms. The number of hydrogen-bond acceptors (Lipinski definition) is 5. The Hall–Kier alpha value is -2.93. The zero-order chi connectivity index (χ0) is 20.9. The fourth-order valence-electron chi connectivity index (χ4n) is 3.63. The van der Waals surface area contributed by atoms with Crippen LogP contribution in [0.15, 0.2) is 60.0 Å². The maximum Gasteiger partial charge on any atom is 0.234 e. The van der Waals surface area contributed by atoms with Crippen LogP contribution in [-0.2, 0) is 4.79 Å². The van der Waals surface area contributed by atoms with E-state index in [9.17, 15) is 4.79 Å². The van der Waals surface area contributed by atoms with Crippen molar-refractivity contribution in [3.8, 4) is 11.4 Å². The highest BCUT2D eigenvalue weighted by Gasteiger charge is 2.14. The smallest absolute Gasteiger partial charge is 0.234 e. The predicted molar refractivity (Wildman–Crippen MR) is 122 cm³/mol. The van der Waals surface area contributed by atoms with E-state index < -0.39 is 0 Å².